The summed E-state index contributed by atoms with van der Waals surface area (Å²) in [5.41, 5.74) is 2.69. The molecule has 0 radical (unpaired) electrons. The Morgan fingerprint density at radius 2 is 1.46 bits per heavy atom. The minimum Gasteiger partial charge on any atom is -0.493 e. The molecule has 0 bridgehead atoms. The van der Waals surface area contributed by atoms with Crippen LogP contribution in [0.2, 0.25) is 0 Å². The number of likely N-dealkylation sites (tertiary alicyclic amines) is 1. The summed E-state index contributed by atoms with van der Waals surface area (Å²) in [7, 11) is 0. The molecule has 2 aliphatic rings. The van der Waals surface area contributed by atoms with Gasteiger partial charge in [0.15, 0.2) is 0 Å². The van der Waals surface area contributed by atoms with Gasteiger partial charge in [-0.3, -0.25) is 14.5 Å². The maximum absolute atomic E-state index is 13.6. The van der Waals surface area contributed by atoms with E-state index in [0.29, 0.717) is 49.9 Å². The molecule has 0 atom stereocenters. The molecule has 0 aromatic heterocycles. The van der Waals surface area contributed by atoms with Gasteiger partial charge in [0.25, 0.3) is 5.97 Å². The molecule has 2 aliphatic heterocycles. The van der Waals surface area contributed by atoms with Crippen LogP contribution in [0.4, 0.5) is 23.2 Å². The first-order chi connectivity index (χ1) is 22.7. The van der Waals surface area contributed by atoms with Crippen LogP contribution in [-0.2, 0) is 20.9 Å². The van der Waals surface area contributed by atoms with Crippen molar-refractivity contribution < 1.29 is 51.3 Å². The highest BCUT2D eigenvalue weighted by Crippen LogP contribution is 2.44. The molecule has 1 N–H and O–H groups in total. The lowest BCUT2D eigenvalue weighted by atomic mass is 9.77. The number of alkyl halides is 3. The van der Waals surface area contributed by atoms with E-state index in [2.05, 4.69) is 9.64 Å². The summed E-state index contributed by atoms with van der Waals surface area (Å²) in [6, 6.07) is 15.7. The van der Waals surface area contributed by atoms with Crippen LogP contribution in [0.1, 0.15) is 56.0 Å². The van der Waals surface area contributed by atoms with Crippen molar-refractivity contribution >= 4 is 23.5 Å². The Bertz CT molecular complexity index is 1550. The molecule has 3 aromatic carbocycles. The molecule has 3 aromatic rings. The smallest absolute Gasteiger partial charge is 0.493 e. The van der Waals surface area contributed by atoms with Crippen LogP contribution >= 0.6 is 0 Å². The number of esters is 1. The number of hydrogen-bond acceptors (Lipinski definition) is 7. The van der Waals surface area contributed by atoms with Crippen LogP contribution in [0.25, 0.3) is 11.1 Å². The molecule has 2 saturated heterocycles. The van der Waals surface area contributed by atoms with Crippen LogP contribution in [-0.4, -0.2) is 67.1 Å². The lowest BCUT2D eigenvalue weighted by Crippen LogP contribution is -2.41. The fourth-order valence-corrected chi connectivity index (χ4v) is 6.03. The van der Waals surface area contributed by atoms with E-state index in [1.54, 1.807) is 17.0 Å². The minimum absolute atomic E-state index is 0.0526. The highest BCUT2D eigenvalue weighted by Gasteiger charge is 2.45. The summed E-state index contributed by atoms with van der Waals surface area (Å²) < 4.78 is 66.3. The van der Waals surface area contributed by atoms with Crippen molar-refractivity contribution in [1.29, 1.82) is 0 Å². The van der Waals surface area contributed by atoms with E-state index in [9.17, 15) is 27.2 Å². The van der Waals surface area contributed by atoms with Gasteiger partial charge in [-0.2, -0.15) is 0 Å². The molecule has 48 heavy (non-hydrogen) atoms. The van der Waals surface area contributed by atoms with Gasteiger partial charge in [0.2, 0.25) is 5.91 Å². The van der Waals surface area contributed by atoms with Crippen LogP contribution < -0.4 is 14.4 Å². The zero-order chi connectivity index (χ0) is 35.1. The van der Waals surface area contributed by atoms with E-state index >= 15 is 0 Å². The summed E-state index contributed by atoms with van der Waals surface area (Å²) in [6.07, 6.45) is -3.08. The Morgan fingerprint density at radius 1 is 0.917 bits per heavy atom. The fourth-order valence-electron chi connectivity index (χ4n) is 6.03. The number of rotatable bonds is 9. The van der Waals surface area contributed by atoms with Crippen molar-refractivity contribution in [3.05, 3.63) is 77.6 Å². The van der Waals surface area contributed by atoms with Crippen LogP contribution in [0.3, 0.4) is 0 Å². The topological polar surface area (TPSA) is 106 Å². The molecular weight excluding hydrogens is 636 g/mol. The van der Waals surface area contributed by atoms with Gasteiger partial charge < -0.3 is 24.2 Å². The number of carboxylic acid groups (broad SMARTS) is 1. The SMILES string of the molecule is CC(=O)O.CCOc1cc(CN2CCC3(CC2)CC(=O)N(c2ccc(C(=O)OC(F)(F)F)cc2)C3)cc(OCC)c1-c1ccc(F)cc1. The first-order valence-corrected chi connectivity index (χ1v) is 15.5. The Balaban J connectivity index is 0.00000123. The number of halogens is 4. The van der Waals surface area contributed by atoms with Gasteiger partial charge in [0, 0.05) is 32.1 Å². The Kier molecular flexibility index (Phi) is 11.7. The number of carbonyl (C=O) groups excluding carboxylic acids is 2. The van der Waals surface area contributed by atoms with E-state index in [4.69, 9.17) is 19.4 Å². The Morgan fingerprint density at radius 3 is 1.96 bits per heavy atom. The number of anilines is 1. The van der Waals surface area contributed by atoms with E-state index in [-0.39, 0.29) is 22.7 Å². The van der Waals surface area contributed by atoms with Gasteiger partial charge in [0.05, 0.1) is 24.3 Å². The number of amides is 1. The number of carbonyl (C=O) groups is 3. The maximum atomic E-state index is 13.6. The van der Waals surface area contributed by atoms with Gasteiger partial charge in [0.1, 0.15) is 17.3 Å². The van der Waals surface area contributed by atoms with E-state index in [1.807, 2.05) is 26.0 Å². The van der Waals surface area contributed by atoms with Crippen LogP contribution in [0.5, 0.6) is 11.5 Å². The van der Waals surface area contributed by atoms with Gasteiger partial charge >= 0.3 is 12.3 Å². The predicted molar refractivity (Wildman–Crippen MR) is 169 cm³/mol. The van der Waals surface area contributed by atoms with Crippen molar-refractivity contribution in [2.75, 3.05) is 37.7 Å². The Hall–Kier alpha value is -4.65. The van der Waals surface area contributed by atoms with Gasteiger partial charge in [-0.05, 0) is 105 Å². The number of nitrogens with zero attached hydrogens (tertiary/aromatic N) is 2. The average Bonchev–Trinajstić information content (AvgIpc) is 3.33. The molecule has 13 heteroatoms. The fraction of sp³-hybridized carbons (Fsp3) is 0.400. The molecule has 0 aliphatic carbocycles. The number of benzene rings is 3. The van der Waals surface area contributed by atoms with Crippen LogP contribution in [0.15, 0.2) is 60.7 Å². The van der Waals surface area contributed by atoms with E-state index in [1.165, 1.54) is 36.4 Å². The lowest BCUT2D eigenvalue weighted by Gasteiger charge is -2.39. The molecule has 0 unspecified atom stereocenters. The standard InChI is InChI=1S/C33H34F4N2O5.C2H4O2/c1-3-42-27-17-22(18-28(43-4-2)30(27)23-5-9-25(34)10-6-23)20-38-15-13-32(14-16-38)19-29(40)39(21-32)26-11-7-24(8-12-26)31(41)44-33(35,36)37;1-2(3)4/h5-12,17-18H,3-4,13-16,19-21H2,1-2H3;1H3,(H,3,4). The quantitative estimate of drug-likeness (QED) is 0.190. The normalized spacial score (nSPS) is 15.9. The molecule has 258 valence electrons. The predicted octanol–water partition coefficient (Wildman–Crippen LogP) is 7.08. The minimum atomic E-state index is -5.06. The Labute approximate surface area is 276 Å². The second kappa shape index (κ2) is 15.5. The summed E-state index contributed by atoms with van der Waals surface area (Å²) in [5.74, 6) is -1.36. The van der Waals surface area contributed by atoms with Gasteiger partial charge in [-0.1, -0.05) is 12.1 Å². The molecule has 2 fully saturated rings. The molecule has 1 spiro atoms. The van der Waals surface area contributed by atoms with E-state index < -0.39 is 18.3 Å². The van der Waals surface area contributed by atoms with Gasteiger partial charge in [-0.15, -0.1) is 13.2 Å². The summed E-state index contributed by atoms with van der Waals surface area (Å²) in [5, 5.41) is 7.42. The zero-order valence-corrected chi connectivity index (χ0v) is 26.9. The number of carboxylic acids is 1. The molecule has 5 rings (SSSR count). The van der Waals surface area contributed by atoms with Gasteiger partial charge in [-0.25, -0.2) is 9.18 Å². The van der Waals surface area contributed by atoms with Crippen molar-refractivity contribution in [3.8, 4) is 22.6 Å². The number of ether oxygens (including phenoxy) is 3. The van der Waals surface area contributed by atoms with Crippen molar-refractivity contribution in [2.45, 2.75) is 52.9 Å². The molecular formula is C35H38F4N2O7. The average molecular weight is 675 g/mol. The molecule has 0 saturated carbocycles. The first-order valence-electron chi connectivity index (χ1n) is 15.5. The van der Waals surface area contributed by atoms with Crippen molar-refractivity contribution in [1.82, 2.24) is 4.90 Å². The largest absolute Gasteiger partial charge is 0.575 e. The molecule has 1 amide bonds. The third-order valence-electron chi connectivity index (χ3n) is 8.13. The third kappa shape index (κ3) is 9.46. The zero-order valence-electron chi connectivity index (χ0n) is 26.9. The maximum Gasteiger partial charge on any atom is 0.575 e. The number of hydrogen-bond donors (Lipinski definition) is 1. The van der Waals surface area contributed by atoms with Crippen molar-refractivity contribution in [2.24, 2.45) is 5.41 Å². The summed E-state index contributed by atoms with van der Waals surface area (Å²) in [4.78, 5) is 37.7. The summed E-state index contributed by atoms with van der Waals surface area (Å²) >= 11 is 0. The third-order valence-corrected chi connectivity index (χ3v) is 8.13. The van der Waals surface area contributed by atoms with E-state index in [0.717, 1.165) is 49.5 Å². The lowest BCUT2D eigenvalue weighted by molar-refractivity contribution is -0.291. The number of aliphatic carboxylic acids is 1. The summed E-state index contributed by atoms with van der Waals surface area (Å²) in [6.45, 7) is 8.53. The first kappa shape index (κ1) is 36.2. The van der Waals surface area contributed by atoms with Crippen LogP contribution in [0, 0.1) is 11.2 Å². The highest BCUT2D eigenvalue weighted by atomic mass is 19.4. The second-order valence-electron chi connectivity index (χ2n) is 11.7. The van der Waals surface area contributed by atoms with Crippen molar-refractivity contribution in [3.63, 3.8) is 0 Å². The molecule has 2 heterocycles. The molecule has 9 nitrogen and oxygen atoms in total. The second-order valence-corrected chi connectivity index (χ2v) is 11.7. The highest BCUT2D eigenvalue weighted by molar-refractivity contribution is 5.97. The number of piperidine rings is 1. The monoisotopic (exact) mass is 674 g/mol.